The fraction of sp³-hybridized carbons (Fsp3) is 0.273. The Morgan fingerprint density at radius 3 is 1.42 bits per heavy atom. The van der Waals surface area contributed by atoms with Gasteiger partial charge in [-0.3, -0.25) is 9.97 Å². The van der Waals surface area contributed by atoms with Crippen LogP contribution in [0.4, 0.5) is 0 Å². The van der Waals surface area contributed by atoms with Gasteiger partial charge in [0.2, 0.25) is 0 Å². The first-order valence-corrected chi connectivity index (χ1v) is 8.75. The highest BCUT2D eigenvalue weighted by atomic mass is 15.0. The van der Waals surface area contributed by atoms with Gasteiger partial charge in [-0.05, 0) is 60.7 Å². The molecule has 0 saturated heterocycles. The quantitative estimate of drug-likeness (QED) is 0.653. The van der Waals surface area contributed by atoms with Crippen molar-refractivity contribution < 1.29 is 0 Å². The number of rotatable bonds is 4. The van der Waals surface area contributed by atoms with E-state index in [1.807, 2.05) is 50.4 Å². The lowest BCUT2D eigenvalue weighted by Crippen LogP contribution is -2.01. The molecular weight excluding hydrogens is 320 g/mol. The van der Waals surface area contributed by atoms with Gasteiger partial charge in [-0.15, -0.1) is 0 Å². The van der Waals surface area contributed by atoms with Crippen molar-refractivity contribution in [3.63, 3.8) is 0 Å². The second kappa shape index (κ2) is 7.16. The lowest BCUT2D eigenvalue weighted by molar-refractivity contribution is 0.567. The minimum Gasteiger partial charge on any atom is -0.383 e. The summed E-state index contributed by atoms with van der Waals surface area (Å²) < 4.78 is 0. The molecule has 0 aliphatic rings. The number of benzene rings is 1. The monoisotopic (exact) mass is 346 g/mol. The van der Waals surface area contributed by atoms with Crippen LogP contribution in [0.15, 0.2) is 36.9 Å². The van der Waals surface area contributed by atoms with Crippen molar-refractivity contribution in [1.82, 2.24) is 19.8 Å². The van der Waals surface area contributed by atoms with Crippen LogP contribution in [-0.2, 0) is 0 Å². The molecule has 26 heavy (non-hydrogen) atoms. The molecule has 0 aliphatic heterocycles. The summed E-state index contributed by atoms with van der Waals surface area (Å²) in [5, 5.41) is 2.27. The molecule has 0 unspecified atom stereocenters. The van der Waals surface area contributed by atoms with Crippen LogP contribution < -0.4 is 0 Å². The Morgan fingerprint density at radius 1 is 0.692 bits per heavy atom. The molecule has 0 amide bonds. The molecule has 3 aromatic rings. The molecule has 1 aromatic carbocycles. The average molecular weight is 346 g/mol. The van der Waals surface area contributed by atoms with Crippen molar-refractivity contribution in [3.8, 4) is 0 Å². The Bertz CT molecular complexity index is 931. The molecule has 4 nitrogen and oxygen atoms in total. The van der Waals surface area contributed by atoms with Crippen LogP contribution in [0, 0.1) is 13.8 Å². The van der Waals surface area contributed by atoms with Gasteiger partial charge in [0.1, 0.15) is 0 Å². The van der Waals surface area contributed by atoms with Crippen molar-refractivity contribution in [2.24, 2.45) is 0 Å². The zero-order chi connectivity index (χ0) is 18.8. The number of pyridine rings is 2. The molecule has 3 rings (SSSR count). The molecule has 0 atom stereocenters. The average Bonchev–Trinajstić information content (AvgIpc) is 2.59. The van der Waals surface area contributed by atoms with Gasteiger partial charge in [0, 0.05) is 51.4 Å². The van der Waals surface area contributed by atoms with Gasteiger partial charge in [-0.2, -0.15) is 0 Å². The second-order valence-electron chi connectivity index (χ2n) is 7.13. The smallest absolute Gasteiger partial charge is 0.0971 e. The molecule has 0 fully saturated rings. The Morgan fingerprint density at radius 2 is 1.08 bits per heavy atom. The Balaban J connectivity index is 2.31. The molecule has 134 valence electrons. The van der Waals surface area contributed by atoms with Gasteiger partial charge >= 0.3 is 0 Å². The summed E-state index contributed by atoms with van der Waals surface area (Å²) in [6, 6.07) is 4.34. The van der Waals surface area contributed by atoms with Crippen molar-refractivity contribution in [1.29, 1.82) is 0 Å². The first-order valence-electron chi connectivity index (χ1n) is 8.75. The van der Waals surface area contributed by atoms with E-state index in [9.17, 15) is 0 Å². The maximum absolute atomic E-state index is 4.72. The predicted octanol–water partition coefficient (Wildman–Crippen LogP) is 4.46. The minimum absolute atomic E-state index is 0.950. The van der Waals surface area contributed by atoms with Crippen molar-refractivity contribution in [3.05, 3.63) is 59.2 Å². The zero-order valence-electron chi connectivity index (χ0n) is 16.4. The van der Waals surface area contributed by atoms with E-state index >= 15 is 0 Å². The Kier molecular flexibility index (Phi) is 4.94. The minimum atomic E-state index is 0.950. The molecular formula is C22H26N4. The fourth-order valence-electron chi connectivity index (χ4n) is 3.05. The zero-order valence-corrected chi connectivity index (χ0v) is 16.4. The summed E-state index contributed by atoms with van der Waals surface area (Å²) in [4.78, 5) is 13.5. The van der Waals surface area contributed by atoms with Gasteiger partial charge in [0.15, 0.2) is 0 Å². The van der Waals surface area contributed by atoms with Crippen LogP contribution in [0.3, 0.4) is 0 Å². The molecule has 2 aromatic heterocycles. The Labute approximate surface area is 155 Å². The largest absolute Gasteiger partial charge is 0.383 e. The summed E-state index contributed by atoms with van der Waals surface area (Å²) in [7, 11) is 8.10. The third kappa shape index (κ3) is 3.40. The Hall–Kier alpha value is -2.88. The van der Waals surface area contributed by atoms with Crippen LogP contribution in [-0.4, -0.2) is 48.0 Å². The molecule has 2 heterocycles. The molecule has 4 heteroatoms. The van der Waals surface area contributed by atoms with Crippen LogP contribution in [0.25, 0.3) is 34.0 Å². The van der Waals surface area contributed by atoms with Crippen LogP contribution in [0.2, 0.25) is 0 Å². The van der Waals surface area contributed by atoms with E-state index in [-0.39, 0.29) is 0 Å². The maximum Gasteiger partial charge on any atom is 0.0971 e. The second-order valence-corrected chi connectivity index (χ2v) is 7.13. The fourth-order valence-corrected chi connectivity index (χ4v) is 3.05. The van der Waals surface area contributed by atoms with E-state index in [2.05, 4.69) is 50.5 Å². The summed E-state index contributed by atoms with van der Waals surface area (Å²) in [5.74, 6) is 0. The molecule has 0 spiro atoms. The molecule has 0 bridgehead atoms. The maximum atomic E-state index is 4.72. The van der Waals surface area contributed by atoms with Crippen LogP contribution >= 0.6 is 0 Å². The molecule has 0 N–H and O–H groups in total. The number of aromatic nitrogens is 2. The van der Waals surface area contributed by atoms with Gasteiger partial charge in [-0.1, -0.05) is 12.1 Å². The highest BCUT2D eigenvalue weighted by Crippen LogP contribution is 2.30. The SMILES string of the molecule is Cc1cnc2c(ccc3c(/C=C/N(C)C)c(C)cnc32)c1/C=C/N(C)C. The highest BCUT2D eigenvalue weighted by molar-refractivity contribution is 6.08. The first kappa shape index (κ1) is 17.9. The number of hydrogen-bond donors (Lipinski definition) is 0. The summed E-state index contributed by atoms with van der Waals surface area (Å²) >= 11 is 0. The predicted molar refractivity (Wildman–Crippen MR) is 112 cm³/mol. The van der Waals surface area contributed by atoms with Crippen LogP contribution in [0.1, 0.15) is 22.3 Å². The lowest BCUT2D eigenvalue weighted by Gasteiger charge is -2.12. The van der Waals surface area contributed by atoms with E-state index < -0.39 is 0 Å². The van der Waals surface area contributed by atoms with Crippen molar-refractivity contribution in [2.75, 3.05) is 28.2 Å². The van der Waals surface area contributed by atoms with E-state index in [0.29, 0.717) is 0 Å². The van der Waals surface area contributed by atoms with Gasteiger partial charge < -0.3 is 9.80 Å². The third-order valence-electron chi connectivity index (χ3n) is 4.43. The van der Waals surface area contributed by atoms with Crippen molar-refractivity contribution >= 4 is 34.0 Å². The van der Waals surface area contributed by atoms with E-state index in [1.54, 1.807) is 0 Å². The topological polar surface area (TPSA) is 32.3 Å². The number of aryl methyl sites for hydroxylation is 2. The van der Waals surface area contributed by atoms with E-state index in [1.165, 1.54) is 11.1 Å². The summed E-state index contributed by atoms with van der Waals surface area (Å²) in [6.45, 7) is 4.19. The van der Waals surface area contributed by atoms with Gasteiger partial charge in [0.25, 0.3) is 0 Å². The number of nitrogens with zero attached hydrogens (tertiary/aromatic N) is 4. The first-order chi connectivity index (χ1) is 12.4. The number of fused-ring (bicyclic) bond motifs is 3. The van der Waals surface area contributed by atoms with Crippen molar-refractivity contribution in [2.45, 2.75) is 13.8 Å². The standard InChI is InChI=1S/C22H26N4/c1-15-13-23-21-19(17(15)9-11-25(3)4)7-8-20-18(10-12-26(5)6)16(2)14-24-22(20)21/h7-14H,1-6H3/b11-9+,12-10+. The lowest BCUT2D eigenvalue weighted by atomic mass is 9.98. The highest BCUT2D eigenvalue weighted by Gasteiger charge is 2.11. The van der Waals surface area contributed by atoms with Crippen LogP contribution in [0.5, 0.6) is 0 Å². The normalized spacial score (nSPS) is 11.9. The summed E-state index contributed by atoms with van der Waals surface area (Å²) in [5.41, 5.74) is 6.61. The number of hydrogen-bond acceptors (Lipinski definition) is 4. The molecule has 0 aliphatic carbocycles. The molecule has 0 saturated carbocycles. The third-order valence-corrected chi connectivity index (χ3v) is 4.43. The molecule has 0 radical (unpaired) electrons. The van der Waals surface area contributed by atoms with E-state index in [0.717, 1.165) is 32.9 Å². The van der Waals surface area contributed by atoms with Gasteiger partial charge in [0.05, 0.1) is 11.0 Å². The van der Waals surface area contributed by atoms with Gasteiger partial charge in [-0.25, -0.2) is 0 Å². The van der Waals surface area contributed by atoms with E-state index in [4.69, 9.17) is 9.97 Å². The summed E-state index contributed by atoms with van der Waals surface area (Å²) in [6.07, 6.45) is 12.3.